The third kappa shape index (κ3) is 5.37. The van der Waals surface area contributed by atoms with E-state index in [-0.39, 0.29) is 18.4 Å². The zero-order valence-corrected chi connectivity index (χ0v) is 20.6. The molecule has 2 aromatic rings. The number of para-hydroxylation sites is 1. The Bertz CT molecular complexity index is 1030. The van der Waals surface area contributed by atoms with Crippen LogP contribution in [0.3, 0.4) is 0 Å². The van der Waals surface area contributed by atoms with E-state index >= 15 is 0 Å². The number of carbonyl (C=O) groups is 2. The number of aromatic nitrogens is 3. The van der Waals surface area contributed by atoms with Crippen LogP contribution in [0, 0.1) is 23.6 Å². The van der Waals surface area contributed by atoms with Crippen molar-refractivity contribution in [2.45, 2.75) is 69.5 Å². The van der Waals surface area contributed by atoms with E-state index in [0.29, 0.717) is 29.4 Å². The standard InChI is InChI=1S/C24H32FN5O3S/c1-4-26-23(32)27-22(31)15(3)34-24-29-28-21(13-33-20-8-6-5-7-19(20)25)30(24)14(2)18-12-16-9-10-17(18)11-16/h5-8,14-18H,4,9-13H2,1-3H3,(H2,26,27,31,32)/t14-,15-,16-,17-,18+/m0/s1. The number of benzene rings is 1. The van der Waals surface area contributed by atoms with E-state index in [4.69, 9.17) is 4.74 Å². The van der Waals surface area contributed by atoms with Crippen molar-refractivity contribution < 1.29 is 18.7 Å². The number of amides is 3. The van der Waals surface area contributed by atoms with Crippen molar-refractivity contribution in [2.75, 3.05) is 6.54 Å². The molecule has 0 saturated heterocycles. The Morgan fingerprint density at radius 1 is 1.24 bits per heavy atom. The molecule has 1 heterocycles. The fourth-order valence-electron chi connectivity index (χ4n) is 5.31. The Morgan fingerprint density at radius 3 is 2.71 bits per heavy atom. The van der Waals surface area contributed by atoms with Gasteiger partial charge in [-0.3, -0.25) is 14.7 Å². The Balaban J connectivity index is 1.54. The minimum absolute atomic E-state index is 0.0686. The van der Waals surface area contributed by atoms with Crippen molar-refractivity contribution in [3.05, 3.63) is 35.9 Å². The molecular weight excluding hydrogens is 457 g/mol. The molecule has 2 saturated carbocycles. The van der Waals surface area contributed by atoms with E-state index in [1.807, 2.05) is 4.57 Å². The molecule has 0 radical (unpaired) electrons. The lowest BCUT2D eigenvalue weighted by Gasteiger charge is -2.30. The number of ether oxygens (including phenoxy) is 1. The minimum Gasteiger partial charge on any atom is -0.483 e. The maximum absolute atomic E-state index is 14.1. The van der Waals surface area contributed by atoms with Gasteiger partial charge in [0.15, 0.2) is 22.5 Å². The van der Waals surface area contributed by atoms with E-state index < -0.39 is 23.0 Å². The first-order chi connectivity index (χ1) is 16.4. The summed E-state index contributed by atoms with van der Waals surface area (Å²) in [5, 5.41) is 13.7. The number of imide groups is 1. The second-order valence-corrected chi connectivity index (χ2v) is 10.5. The predicted octanol–water partition coefficient (Wildman–Crippen LogP) is 4.32. The van der Waals surface area contributed by atoms with Gasteiger partial charge in [-0.15, -0.1) is 10.2 Å². The van der Waals surface area contributed by atoms with Crippen LogP contribution >= 0.6 is 11.8 Å². The molecule has 184 valence electrons. The normalized spacial score (nSPS) is 22.9. The molecule has 3 amide bonds. The summed E-state index contributed by atoms with van der Waals surface area (Å²) in [6.07, 6.45) is 5.00. The Hall–Kier alpha value is -2.62. The highest BCUT2D eigenvalue weighted by atomic mass is 32.2. The van der Waals surface area contributed by atoms with Crippen LogP contribution in [0.25, 0.3) is 0 Å². The number of urea groups is 1. The fourth-order valence-corrected chi connectivity index (χ4v) is 6.26. The summed E-state index contributed by atoms with van der Waals surface area (Å²) in [6.45, 7) is 6.19. The molecule has 10 heteroatoms. The summed E-state index contributed by atoms with van der Waals surface area (Å²) in [7, 11) is 0. The summed E-state index contributed by atoms with van der Waals surface area (Å²) in [5.41, 5.74) is 0. The van der Waals surface area contributed by atoms with Gasteiger partial charge in [0, 0.05) is 12.6 Å². The lowest BCUT2D eigenvalue weighted by atomic mass is 9.84. The molecule has 1 aromatic heterocycles. The first kappa shape index (κ1) is 24.5. The number of hydrogen-bond acceptors (Lipinski definition) is 6. The van der Waals surface area contributed by atoms with E-state index in [1.165, 1.54) is 43.5 Å². The van der Waals surface area contributed by atoms with Gasteiger partial charge in [-0.05, 0) is 69.9 Å². The van der Waals surface area contributed by atoms with Crippen molar-refractivity contribution in [2.24, 2.45) is 17.8 Å². The van der Waals surface area contributed by atoms with Crippen LogP contribution in [0.4, 0.5) is 9.18 Å². The smallest absolute Gasteiger partial charge is 0.321 e. The van der Waals surface area contributed by atoms with E-state index in [2.05, 4.69) is 27.8 Å². The van der Waals surface area contributed by atoms with Gasteiger partial charge in [0.25, 0.3) is 0 Å². The number of hydrogen-bond donors (Lipinski definition) is 2. The quantitative estimate of drug-likeness (QED) is 0.509. The highest BCUT2D eigenvalue weighted by Gasteiger charge is 2.43. The number of halogens is 1. The van der Waals surface area contributed by atoms with Crippen molar-refractivity contribution in [1.82, 2.24) is 25.4 Å². The molecule has 2 fully saturated rings. The lowest BCUT2D eigenvalue weighted by Crippen LogP contribution is -2.42. The Morgan fingerprint density at radius 2 is 2.03 bits per heavy atom. The Labute approximate surface area is 203 Å². The van der Waals surface area contributed by atoms with Crippen molar-refractivity contribution in [3.63, 3.8) is 0 Å². The van der Waals surface area contributed by atoms with Gasteiger partial charge in [0.1, 0.15) is 6.61 Å². The molecule has 2 aliphatic rings. The molecule has 0 spiro atoms. The molecule has 4 rings (SSSR count). The van der Waals surface area contributed by atoms with Gasteiger partial charge in [-0.1, -0.05) is 30.3 Å². The SMILES string of the molecule is CCNC(=O)NC(=O)[C@H](C)Sc1nnc(COc2ccccc2F)n1[C@@H](C)[C@H]1C[C@H]2CC[C@H]1C2. The number of nitrogens with zero attached hydrogens (tertiary/aromatic N) is 3. The topological polar surface area (TPSA) is 98.1 Å². The van der Waals surface area contributed by atoms with Gasteiger partial charge in [-0.2, -0.15) is 0 Å². The molecule has 0 unspecified atom stereocenters. The van der Waals surface area contributed by atoms with Crippen LogP contribution in [-0.2, 0) is 11.4 Å². The average molecular weight is 490 g/mol. The van der Waals surface area contributed by atoms with Crippen LogP contribution in [0.15, 0.2) is 29.4 Å². The summed E-state index contributed by atoms with van der Waals surface area (Å²) < 4.78 is 21.9. The third-order valence-corrected chi connectivity index (χ3v) is 8.03. The molecule has 2 bridgehead atoms. The predicted molar refractivity (Wildman–Crippen MR) is 127 cm³/mol. The largest absolute Gasteiger partial charge is 0.483 e. The van der Waals surface area contributed by atoms with Gasteiger partial charge in [-0.25, -0.2) is 9.18 Å². The number of carbonyl (C=O) groups excluding carboxylic acids is 2. The maximum Gasteiger partial charge on any atom is 0.321 e. The fraction of sp³-hybridized carbons (Fsp3) is 0.583. The first-order valence-electron chi connectivity index (χ1n) is 11.9. The highest BCUT2D eigenvalue weighted by molar-refractivity contribution is 8.00. The summed E-state index contributed by atoms with van der Waals surface area (Å²) in [6, 6.07) is 5.87. The van der Waals surface area contributed by atoms with Crippen LogP contribution in [-0.4, -0.2) is 38.5 Å². The summed E-state index contributed by atoms with van der Waals surface area (Å²) in [4.78, 5) is 24.3. The van der Waals surface area contributed by atoms with Crippen LogP contribution in [0.1, 0.15) is 58.3 Å². The van der Waals surface area contributed by atoms with Crippen molar-refractivity contribution in [3.8, 4) is 5.75 Å². The highest BCUT2D eigenvalue weighted by Crippen LogP contribution is 2.52. The van der Waals surface area contributed by atoms with Crippen LogP contribution in [0.2, 0.25) is 0 Å². The summed E-state index contributed by atoms with van der Waals surface area (Å²) in [5.74, 6) is 1.89. The molecular formula is C24H32FN5O3S. The van der Waals surface area contributed by atoms with Gasteiger partial charge >= 0.3 is 6.03 Å². The molecule has 1 aromatic carbocycles. The van der Waals surface area contributed by atoms with Crippen molar-refractivity contribution in [1.29, 1.82) is 0 Å². The molecule has 5 atom stereocenters. The Kier molecular flexibility index (Phi) is 7.75. The van der Waals surface area contributed by atoms with E-state index in [0.717, 1.165) is 5.92 Å². The van der Waals surface area contributed by atoms with Crippen LogP contribution < -0.4 is 15.4 Å². The summed E-state index contributed by atoms with van der Waals surface area (Å²) >= 11 is 1.26. The van der Waals surface area contributed by atoms with Gasteiger partial charge in [0.05, 0.1) is 5.25 Å². The zero-order chi connectivity index (χ0) is 24.2. The monoisotopic (exact) mass is 489 g/mol. The second kappa shape index (κ2) is 10.8. The third-order valence-electron chi connectivity index (χ3n) is 6.97. The molecule has 2 N–H and O–H groups in total. The molecule has 34 heavy (non-hydrogen) atoms. The molecule has 2 aliphatic carbocycles. The molecule has 8 nitrogen and oxygen atoms in total. The first-order valence-corrected chi connectivity index (χ1v) is 12.8. The average Bonchev–Trinajstić information content (AvgIpc) is 3.54. The van der Waals surface area contributed by atoms with E-state index in [9.17, 15) is 14.0 Å². The van der Waals surface area contributed by atoms with Crippen molar-refractivity contribution >= 4 is 23.7 Å². The minimum atomic E-state index is -0.557. The van der Waals surface area contributed by atoms with Gasteiger partial charge < -0.3 is 10.1 Å². The maximum atomic E-state index is 14.1. The number of thioether (sulfide) groups is 1. The lowest BCUT2D eigenvalue weighted by molar-refractivity contribution is -0.119. The zero-order valence-electron chi connectivity index (χ0n) is 19.8. The number of fused-ring (bicyclic) bond motifs is 2. The van der Waals surface area contributed by atoms with E-state index in [1.54, 1.807) is 32.0 Å². The van der Waals surface area contributed by atoms with Crippen LogP contribution in [0.5, 0.6) is 5.75 Å². The number of rotatable bonds is 9. The van der Waals surface area contributed by atoms with Gasteiger partial charge in [0.2, 0.25) is 5.91 Å². The number of nitrogens with one attached hydrogen (secondary N) is 2. The molecule has 0 aliphatic heterocycles. The second-order valence-electron chi connectivity index (χ2n) is 9.18.